The van der Waals surface area contributed by atoms with Gasteiger partial charge >= 0.3 is 0 Å². The Morgan fingerprint density at radius 3 is 2.42 bits per heavy atom. The van der Waals surface area contributed by atoms with E-state index in [0.29, 0.717) is 12.1 Å². The lowest BCUT2D eigenvalue weighted by Crippen LogP contribution is -2.43. The van der Waals surface area contributed by atoms with Crippen molar-refractivity contribution in [2.75, 3.05) is 19.8 Å². The molecule has 3 rings (SSSR count). The number of carbonyl (C=O) groups is 1. The third-order valence-electron chi connectivity index (χ3n) is 6.91. The first-order valence-corrected chi connectivity index (χ1v) is 12.5. The molecule has 3 N–H and O–H groups in total. The molecule has 2 aliphatic rings. The van der Waals surface area contributed by atoms with Crippen LogP contribution in [0, 0.1) is 11.3 Å². The van der Waals surface area contributed by atoms with Crippen molar-refractivity contribution >= 4 is 11.7 Å². The summed E-state index contributed by atoms with van der Waals surface area (Å²) in [6, 6.07) is 7.77. The van der Waals surface area contributed by atoms with Gasteiger partial charge in [-0.15, -0.1) is 0 Å². The van der Waals surface area contributed by atoms with Crippen LogP contribution >= 0.6 is 0 Å². The summed E-state index contributed by atoms with van der Waals surface area (Å²) < 4.78 is 5.89. The second kappa shape index (κ2) is 12.8. The summed E-state index contributed by atoms with van der Waals surface area (Å²) in [5, 5.41) is 7.69. The van der Waals surface area contributed by atoms with Crippen molar-refractivity contribution in [3.05, 3.63) is 35.4 Å². The number of hydrogen-bond donors (Lipinski definition) is 2. The first-order chi connectivity index (χ1) is 15.1. The van der Waals surface area contributed by atoms with Gasteiger partial charge in [-0.3, -0.25) is 10.2 Å². The molecule has 0 spiro atoms. The van der Waals surface area contributed by atoms with Gasteiger partial charge in [-0.25, -0.2) is 0 Å². The summed E-state index contributed by atoms with van der Waals surface area (Å²) in [4.78, 5) is 14.5. The van der Waals surface area contributed by atoms with Crippen LogP contribution in [0.4, 0.5) is 0 Å². The van der Waals surface area contributed by atoms with E-state index in [-0.39, 0.29) is 17.8 Å². The summed E-state index contributed by atoms with van der Waals surface area (Å²) in [6.45, 7) is 2.59. The van der Waals surface area contributed by atoms with Crippen LogP contribution in [0.1, 0.15) is 93.0 Å². The largest absolute Gasteiger partial charge is 0.386 e. The zero-order valence-corrected chi connectivity index (χ0v) is 19.1. The highest BCUT2D eigenvalue weighted by Crippen LogP contribution is 2.24. The van der Waals surface area contributed by atoms with Gasteiger partial charge in [0, 0.05) is 25.3 Å². The van der Waals surface area contributed by atoms with Crippen molar-refractivity contribution < 1.29 is 9.53 Å². The van der Waals surface area contributed by atoms with Crippen LogP contribution in [0.15, 0.2) is 24.3 Å². The predicted octanol–water partition coefficient (Wildman–Crippen LogP) is 5.32. The van der Waals surface area contributed by atoms with Gasteiger partial charge in [-0.05, 0) is 68.6 Å². The molecule has 1 saturated carbocycles. The normalized spacial score (nSPS) is 19.6. The number of ether oxygens (including phenoxy) is 1. The van der Waals surface area contributed by atoms with Crippen LogP contribution in [-0.4, -0.2) is 42.4 Å². The average molecular weight is 428 g/mol. The maximum absolute atomic E-state index is 12.7. The van der Waals surface area contributed by atoms with Gasteiger partial charge in [0.05, 0.1) is 6.04 Å². The lowest BCUT2D eigenvalue weighted by Gasteiger charge is -2.23. The third kappa shape index (κ3) is 7.64. The van der Waals surface area contributed by atoms with Crippen LogP contribution < -0.4 is 5.73 Å². The van der Waals surface area contributed by atoms with E-state index in [1.165, 1.54) is 69.8 Å². The number of aryl methyl sites for hydroxylation is 1. The Morgan fingerprint density at radius 1 is 0.968 bits per heavy atom. The number of amides is 1. The maximum atomic E-state index is 12.7. The quantitative estimate of drug-likeness (QED) is 0.269. The molecule has 31 heavy (non-hydrogen) atoms. The van der Waals surface area contributed by atoms with E-state index in [2.05, 4.69) is 12.1 Å². The first-order valence-electron chi connectivity index (χ1n) is 12.5. The molecule has 1 aromatic rings. The van der Waals surface area contributed by atoms with Crippen molar-refractivity contribution in [2.24, 2.45) is 11.7 Å². The Balaban J connectivity index is 1.25. The van der Waals surface area contributed by atoms with Crippen molar-refractivity contribution in [2.45, 2.75) is 89.5 Å². The predicted molar refractivity (Wildman–Crippen MR) is 127 cm³/mol. The molecular weight excluding hydrogens is 386 g/mol. The number of carbonyl (C=O) groups excluding carboxylic acids is 1. The Morgan fingerprint density at radius 2 is 1.68 bits per heavy atom. The monoisotopic (exact) mass is 427 g/mol. The third-order valence-corrected chi connectivity index (χ3v) is 6.91. The minimum Gasteiger partial charge on any atom is -0.386 e. The fourth-order valence-electron chi connectivity index (χ4n) is 4.98. The number of nitrogens with two attached hydrogens (primary N) is 1. The van der Waals surface area contributed by atoms with Gasteiger partial charge in [-0.1, -0.05) is 50.7 Å². The molecule has 5 heteroatoms. The Bertz CT molecular complexity index is 682. The summed E-state index contributed by atoms with van der Waals surface area (Å²) in [7, 11) is 0. The van der Waals surface area contributed by atoms with Gasteiger partial charge in [0.2, 0.25) is 0 Å². The summed E-state index contributed by atoms with van der Waals surface area (Å²) >= 11 is 0. The number of amidine groups is 1. The SMILES string of the molecule is N=C(N)[C@@H]1CCCN1C(=O)c1ccc(CCCCCCCOCC2CCCCC2)cc1. The zero-order valence-electron chi connectivity index (χ0n) is 19.1. The molecule has 1 aromatic carbocycles. The highest BCUT2D eigenvalue weighted by molar-refractivity contribution is 5.98. The minimum atomic E-state index is -0.232. The smallest absolute Gasteiger partial charge is 0.254 e. The molecule has 1 aliphatic carbocycles. The van der Waals surface area contributed by atoms with Gasteiger partial charge in [-0.2, -0.15) is 0 Å². The van der Waals surface area contributed by atoms with Crippen molar-refractivity contribution in [1.29, 1.82) is 5.41 Å². The summed E-state index contributed by atoms with van der Waals surface area (Å²) in [6.07, 6.45) is 15.9. The summed E-state index contributed by atoms with van der Waals surface area (Å²) in [5.74, 6) is 0.912. The Hall–Kier alpha value is -1.88. The molecule has 1 heterocycles. The van der Waals surface area contributed by atoms with E-state index < -0.39 is 0 Å². The average Bonchev–Trinajstić information content (AvgIpc) is 3.29. The van der Waals surface area contributed by atoms with Crippen LogP contribution in [0.25, 0.3) is 0 Å². The fraction of sp³-hybridized carbons (Fsp3) is 0.692. The number of unbranched alkanes of at least 4 members (excludes halogenated alkanes) is 4. The number of rotatable bonds is 12. The molecular formula is C26H41N3O2. The molecule has 0 radical (unpaired) electrons. The highest BCUT2D eigenvalue weighted by atomic mass is 16.5. The number of benzene rings is 1. The molecule has 5 nitrogen and oxygen atoms in total. The van der Waals surface area contributed by atoms with E-state index in [1.54, 1.807) is 4.90 Å². The number of nitrogens with one attached hydrogen (secondary N) is 1. The topological polar surface area (TPSA) is 79.4 Å². The van der Waals surface area contributed by atoms with Crippen molar-refractivity contribution in [3.63, 3.8) is 0 Å². The van der Waals surface area contributed by atoms with Crippen LogP contribution in [0.2, 0.25) is 0 Å². The second-order valence-electron chi connectivity index (χ2n) is 9.41. The van der Waals surface area contributed by atoms with E-state index in [9.17, 15) is 4.79 Å². The van der Waals surface area contributed by atoms with E-state index in [4.69, 9.17) is 15.9 Å². The number of likely N-dealkylation sites (tertiary alicyclic amines) is 1. The van der Waals surface area contributed by atoms with Crippen LogP contribution in [0.3, 0.4) is 0 Å². The molecule has 0 aromatic heterocycles. The number of nitrogens with zero attached hydrogens (tertiary/aromatic N) is 1. The maximum Gasteiger partial charge on any atom is 0.254 e. The van der Waals surface area contributed by atoms with Crippen molar-refractivity contribution in [3.8, 4) is 0 Å². The standard InChI is InChI=1S/C26H41N3O2/c27-25(28)24-13-9-18-29(24)26(30)23-16-14-21(15-17-23)10-5-2-1-3-8-19-31-20-22-11-6-4-7-12-22/h14-17,22,24H,1-13,18-20H2,(H3,27,28)/t24-/m0/s1. The minimum absolute atomic E-state index is 0.00467. The lowest BCUT2D eigenvalue weighted by atomic mass is 9.90. The van der Waals surface area contributed by atoms with Gasteiger partial charge in [0.25, 0.3) is 5.91 Å². The van der Waals surface area contributed by atoms with E-state index >= 15 is 0 Å². The molecule has 172 valence electrons. The van der Waals surface area contributed by atoms with Gasteiger partial charge < -0.3 is 15.4 Å². The Labute approximate surface area is 188 Å². The summed E-state index contributed by atoms with van der Waals surface area (Å²) in [5.41, 5.74) is 7.64. The highest BCUT2D eigenvalue weighted by Gasteiger charge is 2.31. The molecule has 1 saturated heterocycles. The van der Waals surface area contributed by atoms with E-state index in [1.807, 2.05) is 12.1 Å². The van der Waals surface area contributed by atoms with Crippen LogP contribution in [-0.2, 0) is 11.2 Å². The van der Waals surface area contributed by atoms with E-state index in [0.717, 1.165) is 38.4 Å². The molecule has 2 fully saturated rings. The zero-order chi connectivity index (χ0) is 21.9. The Kier molecular flexibility index (Phi) is 9.85. The molecule has 1 atom stereocenters. The fourth-order valence-corrected chi connectivity index (χ4v) is 4.98. The molecule has 1 amide bonds. The van der Waals surface area contributed by atoms with Crippen molar-refractivity contribution in [1.82, 2.24) is 4.90 Å². The van der Waals surface area contributed by atoms with Gasteiger partial charge in [0.1, 0.15) is 5.84 Å². The van der Waals surface area contributed by atoms with Gasteiger partial charge in [0.15, 0.2) is 0 Å². The molecule has 0 bridgehead atoms. The number of hydrogen-bond acceptors (Lipinski definition) is 3. The molecule has 1 aliphatic heterocycles. The van der Waals surface area contributed by atoms with Crippen LogP contribution in [0.5, 0.6) is 0 Å². The lowest BCUT2D eigenvalue weighted by molar-refractivity contribution is 0.0769. The first kappa shape index (κ1) is 23.8. The second-order valence-corrected chi connectivity index (χ2v) is 9.41. The molecule has 0 unspecified atom stereocenters.